The molecule has 25 heavy (non-hydrogen) atoms. The Morgan fingerprint density at radius 2 is 2.04 bits per heavy atom. The van der Waals surface area contributed by atoms with Crippen molar-refractivity contribution < 1.29 is 9.15 Å². The van der Waals surface area contributed by atoms with Crippen LogP contribution in [0.1, 0.15) is 65.6 Å². The number of hydrogen-bond donors (Lipinski definition) is 2. The van der Waals surface area contributed by atoms with Crippen molar-refractivity contribution in [1.82, 2.24) is 10.6 Å². The van der Waals surface area contributed by atoms with Crippen molar-refractivity contribution in [3.63, 3.8) is 0 Å². The van der Waals surface area contributed by atoms with Crippen molar-refractivity contribution in [3.8, 4) is 0 Å². The minimum absolute atomic E-state index is 0.320. The molecular formula is C20H35N3O2. The molecule has 2 rings (SSSR count). The van der Waals surface area contributed by atoms with Crippen LogP contribution in [0.4, 0.5) is 0 Å². The lowest BCUT2D eigenvalue weighted by Gasteiger charge is -2.31. The van der Waals surface area contributed by atoms with Crippen LogP contribution in [0.15, 0.2) is 27.8 Å². The summed E-state index contributed by atoms with van der Waals surface area (Å²) in [6.07, 6.45) is 8.88. The molecule has 0 aliphatic heterocycles. The lowest BCUT2D eigenvalue weighted by molar-refractivity contribution is -0.0152. The maximum Gasteiger partial charge on any atom is 0.191 e. The molecule has 1 aromatic rings. The smallest absolute Gasteiger partial charge is 0.191 e. The van der Waals surface area contributed by atoms with Gasteiger partial charge in [-0.3, -0.25) is 4.99 Å². The van der Waals surface area contributed by atoms with Crippen LogP contribution in [0.5, 0.6) is 0 Å². The first-order valence-electron chi connectivity index (χ1n) is 9.82. The molecule has 1 unspecified atom stereocenters. The number of guanidine groups is 1. The SMILES string of the molecule is CCC(C)NC(=NCCc1ccco1)NC1CCC(OC(C)C)CC1. The van der Waals surface area contributed by atoms with Crippen molar-refractivity contribution in [2.75, 3.05) is 6.54 Å². The van der Waals surface area contributed by atoms with E-state index in [0.717, 1.165) is 56.8 Å². The molecule has 1 saturated carbocycles. The first-order valence-corrected chi connectivity index (χ1v) is 9.82. The van der Waals surface area contributed by atoms with Gasteiger partial charge in [0.1, 0.15) is 5.76 Å². The summed E-state index contributed by atoms with van der Waals surface area (Å²) < 4.78 is 11.3. The summed E-state index contributed by atoms with van der Waals surface area (Å²) in [5.41, 5.74) is 0. The third-order valence-electron chi connectivity index (χ3n) is 4.68. The summed E-state index contributed by atoms with van der Waals surface area (Å²) in [5, 5.41) is 7.14. The molecule has 0 amide bonds. The maximum absolute atomic E-state index is 5.95. The average molecular weight is 350 g/mol. The highest BCUT2D eigenvalue weighted by atomic mass is 16.5. The van der Waals surface area contributed by atoms with E-state index >= 15 is 0 Å². The molecule has 1 aliphatic rings. The molecule has 1 aliphatic carbocycles. The summed E-state index contributed by atoms with van der Waals surface area (Å²) >= 11 is 0. The van der Waals surface area contributed by atoms with Crippen LogP contribution in [-0.2, 0) is 11.2 Å². The lowest BCUT2D eigenvalue weighted by atomic mass is 9.93. The maximum atomic E-state index is 5.95. The highest BCUT2D eigenvalue weighted by molar-refractivity contribution is 5.80. The minimum atomic E-state index is 0.320. The number of nitrogens with one attached hydrogen (secondary N) is 2. The van der Waals surface area contributed by atoms with Gasteiger partial charge in [-0.15, -0.1) is 0 Å². The van der Waals surface area contributed by atoms with Gasteiger partial charge >= 0.3 is 0 Å². The van der Waals surface area contributed by atoms with Crippen LogP contribution < -0.4 is 10.6 Å². The lowest BCUT2D eigenvalue weighted by Crippen LogP contribution is -2.48. The van der Waals surface area contributed by atoms with Crippen LogP contribution in [0.3, 0.4) is 0 Å². The molecule has 1 fully saturated rings. The van der Waals surface area contributed by atoms with Gasteiger partial charge in [-0.25, -0.2) is 0 Å². The van der Waals surface area contributed by atoms with Crippen LogP contribution in [-0.4, -0.2) is 36.8 Å². The molecule has 1 atom stereocenters. The molecule has 5 nitrogen and oxygen atoms in total. The summed E-state index contributed by atoms with van der Waals surface area (Å²) in [5.74, 6) is 1.91. The predicted octanol–water partition coefficient (Wildman–Crippen LogP) is 3.89. The zero-order valence-corrected chi connectivity index (χ0v) is 16.3. The fraction of sp³-hybridized carbons (Fsp3) is 0.750. The third kappa shape index (κ3) is 7.51. The van der Waals surface area contributed by atoms with E-state index in [9.17, 15) is 0 Å². The third-order valence-corrected chi connectivity index (χ3v) is 4.68. The summed E-state index contributed by atoms with van der Waals surface area (Å²) in [6.45, 7) is 9.34. The van der Waals surface area contributed by atoms with Crippen LogP contribution in [0.25, 0.3) is 0 Å². The Hall–Kier alpha value is -1.49. The minimum Gasteiger partial charge on any atom is -0.469 e. The van der Waals surface area contributed by atoms with E-state index in [4.69, 9.17) is 14.1 Å². The number of aliphatic imine (C=N–C) groups is 1. The van der Waals surface area contributed by atoms with Gasteiger partial charge in [0.05, 0.1) is 18.5 Å². The highest BCUT2D eigenvalue weighted by Crippen LogP contribution is 2.22. The fourth-order valence-electron chi connectivity index (χ4n) is 3.12. The Balaban J connectivity index is 1.83. The molecule has 0 bridgehead atoms. The predicted molar refractivity (Wildman–Crippen MR) is 103 cm³/mol. The molecule has 1 heterocycles. The molecule has 0 radical (unpaired) electrons. The second kappa shape index (κ2) is 10.5. The number of hydrogen-bond acceptors (Lipinski definition) is 3. The Morgan fingerprint density at radius 3 is 2.64 bits per heavy atom. The Morgan fingerprint density at radius 1 is 1.28 bits per heavy atom. The van der Waals surface area contributed by atoms with Crippen LogP contribution in [0, 0.1) is 0 Å². The summed E-state index contributed by atoms with van der Waals surface area (Å²) in [4.78, 5) is 4.75. The highest BCUT2D eigenvalue weighted by Gasteiger charge is 2.23. The number of rotatable bonds is 8. The van der Waals surface area contributed by atoms with Gasteiger partial charge in [0.25, 0.3) is 0 Å². The van der Waals surface area contributed by atoms with Crippen LogP contribution in [0.2, 0.25) is 0 Å². The van der Waals surface area contributed by atoms with Gasteiger partial charge in [0.2, 0.25) is 0 Å². The molecular weight excluding hydrogens is 314 g/mol. The molecule has 2 N–H and O–H groups in total. The van der Waals surface area contributed by atoms with Crippen molar-refractivity contribution in [1.29, 1.82) is 0 Å². The van der Waals surface area contributed by atoms with E-state index < -0.39 is 0 Å². The fourth-order valence-corrected chi connectivity index (χ4v) is 3.12. The molecule has 5 heteroatoms. The molecule has 0 aromatic carbocycles. The van der Waals surface area contributed by atoms with Gasteiger partial charge in [-0.2, -0.15) is 0 Å². The van der Waals surface area contributed by atoms with E-state index in [1.807, 2.05) is 12.1 Å². The first kappa shape index (κ1) is 19.8. The molecule has 0 saturated heterocycles. The van der Waals surface area contributed by atoms with E-state index in [-0.39, 0.29) is 0 Å². The van der Waals surface area contributed by atoms with Gasteiger partial charge in [-0.05, 0) is 65.0 Å². The van der Waals surface area contributed by atoms with Gasteiger partial charge in [0.15, 0.2) is 5.96 Å². The topological polar surface area (TPSA) is 58.8 Å². The van der Waals surface area contributed by atoms with Crippen molar-refractivity contribution in [2.45, 2.75) is 90.5 Å². The van der Waals surface area contributed by atoms with Crippen molar-refractivity contribution in [3.05, 3.63) is 24.2 Å². The monoisotopic (exact) mass is 349 g/mol. The standard InChI is InChI=1S/C20H35N3O2/c1-5-16(4)22-20(21-13-12-18-7-6-14-24-18)23-17-8-10-19(11-9-17)25-15(2)3/h6-7,14-17,19H,5,8-13H2,1-4H3,(H2,21,22,23). The zero-order valence-electron chi connectivity index (χ0n) is 16.3. The van der Waals surface area contributed by atoms with E-state index in [2.05, 4.69) is 38.3 Å². The van der Waals surface area contributed by atoms with Gasteiger partial charge in [0, 0.05) is 25.0 Å². The zero-order chi connectivity index (χ0) is 18.1. The molecule has 142 valence electrons. The van der Waals surface area contributed by atoms with Crippen LogP contribution >= 0.6 is 0 Å². The quantitative estimate of drug-likeness (QED) is 0.552. The van der Waals surface area contributed by atoms with E-state index in [1.165, 1.54) is 0 Å². The number of furan rings is 1. The number of nitrogens with zero attached hydrogens (tertiary/aromatic N) is 1. The van der Waals surface area contributed by atoms with E-state index in [0.29, 0.717) is 24.3 Å². The van der Waals surface area contributed by atoms with Gasteiger partial charge < -0.3 is 19.8 Å². The summed E-state index contributed by atoms with van der Waals surface area (Å²) in [6, 6.07) is 4.81. The Labute approximate surface area is 152 Å². The second-order valence-electron chi connectivity index (χ2n) is 7.32. The number of ether oxygens (including phenoxy) is 1. The van der Waals surface area contributed by atoms with Gasteiger partial charge in [-0.1, -0.05) is 6.92 Å². The summed E-state index contributed by atoms with van der Waals surface area (Å²) in [7, 11) is 0. The first-order chi connectivity index (χ1) is 12.1. The average Bonchev–Trinajstić information content (AvgIpc) is 3.09. The van der Waals surface area contributed by atoms with Crippen molar-refractivity contribution >= 4 is 5.96 Å². The second-order valence-corrected chi connectivity index (χ2v) is 7.32. The largest absolute Gasteiger partial charge is 0.469 e. The Bertz CT molecular complexity index is 491. The molecule has 1 aromatic heterocycles. The van der Waals surface area contributed by atoms with Crippen molar-refractivity contribution in [2.24, 2.45) is 4.99 Å². The Kier molecular flexibility index (Phi) is 8.32. The molecule has 0 spiro atoms. The normalized spacial score (nSPS) is 22.8. The van der Waals surface area contributed by atoms with E-state index in [1.54, 1.807) is 6.26 Å².